The summed E-state index contributed by atoms with van der Waals surface area (Å²) < 4.78 is 14.3. The highest BCUT2D eigenvalue weighted by Crippen LogP contribution is 2.18. The van der Waals surface area contributed by atoms with E-state index in [1.807, 2.05) is 0 Å². The Kier molecular flexibility index (Phi) is 8.75. The highest BCUT2D eigenvalue weighted by molar-refractivity contribution is 9.10. The van der Waals surface area contributed by atoms with Crippen molar-refractivity contribution in [3.8, 4) is 0 Å². The SMILES string of the molecule is CCCCCCCCCCC(=O)c1ccc(Br)cc1F. The van der Waals surface area contributed by atoms with Gasteiger partial charge in [-0.05, 0) is 24.6 Å². The molecule has 1 rings (SSSR count). The Balaban J connectivity index is 2.17. The van der Waals surface area contributed by atoms with Gasteiger partial charge in [-0.25, -0.2) is 4.39 Å². The van der Waals surface area contributed by atoms with E-state index in [9.17, 15) is 9.18 Å². The Bertz CT molecular complexity index is 417. The minimum atomic E-state index is -0.427. The van der Waals surface area contributed by atoms with Gasteiger partial charge in [0.1, 0.15) is 5.82 Å². The molecule has 0 heterocycles. The van der Waals surface area contributed by atoms with Crippen molar-refractivity contribution < 1.29 is 9.18 Å². The van der Waals surface area contributed by atoms with Crippen LogP contribution >= 0.6 is 15.9 Å². The van der Waals surface area contributed by atoms with Gasteiger partial charge in [-0.1, -0.05) is 67.8 Å². The largest absolute Gasteiger partial charge is 0.294 e. The summed E-state index contributed by atoms with van der Waals surface area (Å²) in [6, 6.07) is 4.62. The van der Waals surface area contributed by atoms with E-state index in [0.29, 0.717) is 10.9 Å². The van der Waals surface area contributed by atoms with Crippen molar-refractivity contribution in [3.63, 3.8) is 0 Å². The lowest BCUT2D eigenvalue weighted by Gasteiger charge is -2.04. The number of Topliss-reactive ketones (excluding diaryl/α,β-unsaturated/α-hetero) is 1. The lowest BCUT2D eigenvalue weighted by atomic mass is 10.0. The summed E-state index contributed by atoms with van der Waals surface area (Å²) in [7, 11) is 0. The predicted molar refractivity (Wildman–Crippen MR) is 85.7 cm³/mol. The van der Waals surface area contributed by atoms with Gasteiger partial charge in [-0.2, -0.15) is 0 Å². The second kappa shape index (κ2) is 10.1. The van der Waals surface area contributed by atoms with E-state index in [0.717, 1.165) is 12.8 Å². The maximum atomic E-state index is 13.6. The Morgan fingerprint density at radius 3 is 2.25 bits per heavy atom. The van der Waals surface area contributed by atoms with Gasteiger partial charge >= 0.3 is 0 Å². The third-order valence-corrected chi connectivity index (χ3v) is 3.98. The number of ketones is 1. The second-order valence-corrected chi connectivity index (χ2v) is 6.19. The maximum absolute atomic E-state index is 13.6. The molecule has 0 N–H and O–H groups in total. The quantitative estimate of drug-likeness (QED) is 0.360. The fourth-order valence-electron chi connectivity index (χ4n) is 2.27. The van der Waals surface area contributed by atoms with Crippen molar-refractivity contribution in [2.75, 3.05) is 0 Å². The van der Waals surface area contributed by atoms with Crippen LogP contribution in [-0.2, 0) is 0 Å². The molecular weight excluding hydrogens is 319 g/mol. The van der Waals surface area contributed by atoms with Crippen molar-refractivity contribution in [1.82, 2.24) is 0 Å². The highest BCUT2D eigenvalue weighted by atomic mass is 79.9. The van der Waals surface area contributed by atoms with Crippen molar-refractivity contribution >= 4 is 21.7 Å². The van der Waals surface area contributed by atoms with Gasteiger partial charge in [0.2, 0.25) is 0 Å². The van der Waals surface area contributed by atoms with Crippen LogP contribution in [0.1, 0.15) is 75.1 Å². The van der Waals surface area contributed by atoms with Gasteiger partial charge in [0.25, 0.3) is 0 Å². The van der Waals surface area contributed by atoms with E-state index in [1.165, 1.54) is 44.6 Å². The van der Waals surface area contributed by atoms with Gasteiger partial charge < -0.3 is 0 Å². The summed E-state index contributed by atoms with van der Waals surface area (Å²) in [4.78, 5) is 11.9. The van der Waals surface area contributed by atoms with Crippen LogP contribution < -0.4 is 0 Å². The zero-order chi connectivity index (χ0) is 14.8. The molecule has 112 valence electrons. The number of halogens is 2. The molecule has 0 aromatic heterocycles. The average molecular weight is 343 g/mol. The minimum Gasteiger partial charge on any atom is -0.294 e. The van der Waals surface area contributed by atoms with Crippen molar-refractivity contribution in [3.05, 3.63) is 34.1 Å². The Morgan fingerprint density at radius 1 is 1.05 bits per heavy atom. The standard InChI is InChI=1S/C17H24BrFO/c1-2-3-4-5-6-7-8-9-10-17(20)15-12-11-14(18)13-16(15)19/h11-13H,2-10H2,1H3. The Hall–Kier alpha value is -0.700. The monoisotopic (exact) mass is 342 g/mol. The van der Waals surface area contributed by atoms with Gasteiger partial charge in [-0.15, -0.1) is 0 Å². The number of hydrogen-bond acceptors (Lipinski definition) is 1. The molecule has 0 unspecified atom stereocenters. The molecule has 0 aliphatic heterocycles. The molecule has 0 bridgehead atoms. The number of rotatable bonds is 10. The molecule has 1 aromatic rings. The maximum Gasteiger partial charge on any atom is 0.165 e. The first-order chi connectivity index (χ1) is 9.65. The van der Waals surface area contributed by atoms with E-state index >= 15 is 0 Å². The average Bonchev–Trinajstić information content (AvgIpc) is 2.41. The lowest BCUT2D eigenvalue weighted by Crippen LogP contribution is -2.02. The lowest BCUT2D eigenvalue weighted by molar-refractivity contribution is 0.0975. The van der Waals surface area contributed by atoms with Crippen LogP contribution in [0.2, 0.25) is 0 Å². The first-order valence-corrected chi connectivity index (χ1v) is 8.42. The molecule has 0 radical (unpaired) electrons. The Morgan fingerprint density at radius 2 is 1.65 bits per heavy atom. The normalized spacial score (nSPS) is 10.8. The van der Waals surface area contributed by atoms with E-state index in [1.54, 1.807) is 12.1 Å². The van der Waals surface area contributed by atoms with Crippen LogP contribution in [0.4, 0.5) is 4.39 Å². The summed E-state index contributed by atoms with van der Waals surface area (Å²) in [5.41, 5.74) is 0.219. The van der Waals surface area contributed by atoms with Crippen LogP contribution in [0.25, 0.3) is 0 Å². The van der Waals surface area contributed by atoms with Gasteiger partial charge in [0.05, 0.1) is 5.56 Å². The van der Waals surface area contributed by atoms with Crippen LogP contribution in [0.15, 0.2) is 22.7 Å². The van der Waals surface area contributed by atoms with E-state index < -0.39 is 5.82 Å². The number of carbonyl (C=O) groups excluding carboxylic acids is 1. The van der Waals surface area contributed by atoms with E-state index in [-0.39, 0.29) is 11.3 Å². The van der Waals surface area contributed by atoms with Gasteiger partial charge in [-0.3, -0.25) is 4.79 Å². The fraction of sp³-hybridized carbons (Fsp3) is 0.588. The Labute approximate surface area is 130 Å². The van der Waals surface area contributed by atoms with Crippen molar-refractivity contribution in [1.29, 1.82) is 0 Å². The second-order valence-electron chi connectivity index (χ2n) is 5.27. The summed E-state index contributed by atoms with van der Waals surface area (Å²) in [6.07, 6.45) is 10.0. The van der Waals surface area contributed by atoms with Crippen LogP contribution in [-0.4, -0.2) is 5.78 Å². The first kappa shape index (κ1) is 17.4. The van der Waals surface area contributed by atoms with Gasteiger partial charge in [0, 0.05) is 10.9 Å². The minimum absolute atomic E-state index is 0.0824. The molecule has 0 aliphatic carbocycles. The topological polar surface area (TPSA) is 17.1 Å². The zero-order valence-electron chi connectivity index (χ0n) is 12.3. The molecular formula is C17H24BrFO. The molecule has 1 nitrogen and oxygen atoms in total. The first-order valence-electron chi connectivity index (χ1n) is 7.63. The van der Waals surface area contributed by atoms with Crippen molar-refractivity contribution in [2.24, 2.45) is 0 Å². The highest BCUT2D eigenvalue weighted by Gasteiger charge is 2.11. The van der Waals surface area contributed by atoms with Crippen LogP contribution in [0.3, 0.4) is 0 Å². The molecule has 1 aromatic carbocycles. The summed E-state index contributed by atoms with van der Waals surface area (Å²) in [5.74, 6) is -0.509. The van der Waals surface area contributed by atoms with Crippen molar-refractivity contribution in [2.45, 2.75) is 64.7 Å². The van der Waals surface area contributed by atoms with E-state index in [2.05, 4.69) is 22.9 Å². The smallest absolute Gasteiger partial charge is 0.165 e. The molecule has 0 spiro atoms. The molecule has 0 atom stereocenters. The molecule has 0 saturated heterocycles. The predicted octanol–water partition coefficient (Wildman–Crippen LogP) is 6.30. The molecule has 0 amide bonds. The third kappa shape index (κ3) is 6.65. The van der Waals surface area contributed by atoms with Crippen LogP contribution in [0.5, 0.6) is 0 Å². The number of unbranched alkanes of at least 4 members (excludes halogenated alkanes) is 7. The van der Waals surface area contributed by atoms with Gasteiger partial charge in [0.15, 0.2) is 5.78 Å². The molecule has 3 heteroatoms. The molecule has 0 saturated carbocycles. The van der Waals surface area contributed by atoms with E-state index in [4.69, 9.17) is 0 Å². The third-order valence-electron chi connectivity index (χ3n) is 3.49. The summed E-state index contributed by atoms with van der Waals surface area (Å²) in [5, 5.41) is 0. The molecule has 0 fully saturated rings. The number of hydrogen-bond donors (Lipinski definition) is 0. The molecule has 20 heavy (non-hydrogen) atoms. The number of benzene rings is 1. The fourth-order valence-corrected chi connectivity index (χ4v) is 2.60. The summed E-state index contributed by atoms with van der Waals surface area (Å²) >= 11 is 3.19. The number of carbonyl (C=O) groups is 1. The zero-order valence-corrected chi connectivity index (χ0v) is 13.8. The molecule has 0 aliphatic rings. The summed E-state index contributed by atoms with van der Waals surface area (Å²) in [6.45, 7) is 2.22. The van der Waals surface area contributed by atoms with Crippen LogP contribution in [0, 0.1) is 5.82 Å².